The minimum absolute atomic E-state index is 0.0410. The molecule has 1 aliphatic heterocycles. The first kappa shape index (κ1) is 22.7. The molecular formula is C28H28N4O3. The number of carbonyl (C=O) groups excluding carboxylic acids is 1. The van der Waals surface area contributed by atoms with Crippen LogP contribution in [0.1, 0.15) is 22.3 Å². The third-order valence-electron chi connectivity index (χ3n) is 6.40. The van der Waals surface area contributed by atoms with E-state index in [9.17, 15) is 4.79 Å². The number of hydrogen-bond acceptors (Lipinski definition) is 6. The van der Waals surface area contributed by atoms with E-state index in [1.54, 1.807) is 7.11 Å². The Hall–Kier alpha value is -4.13. The van der Waals surface area contributed by atoms with Gasteiger partial charge in [-0.2, -0.15) is 0 Å². The lowest BCUT2D eigenvalue weighted by Gasteiger charge is -2.24. The number of ether oxygens (including phenoxy) is 1. The molecule has 7 heteroatoms. The number of rotatable bonds is 5. The molecule has 0 atom stereocenters. The number of methoxy groups -OCH3 is 1. The van der Waals surface area contributed by atoms with Crippen LogP contribution in [0, 0.1) is 6.92 Å². The van der Waals surface area contributed by atoms with E-state index < -0.39 is 0 Å². The Bertz CT molecular complexity index is 1300. The zero-order valence-corrected chi connectivity index (χ0v) is 20.0. The summed E-state index contributed by atoms with van der Waals surface area (Å²) in [6, 6.07) is 23.4. The summed E-state index contributed by atoms with van der Waals surface area (Å²) in [6.07, 6.45) is 0.916. The monoisotopic (exact) mass is 468 g/mol. The summed E-state index contributed by atoms with van der Waals surface area (Å²) in [5, 5.41) is 8.41. The minimum atomic E-state index is 0.0410. The van der Waals surface area contributed by atoms with Gasteiger partial charge in [0.15, 0.2) is 0 Å². The molecule has 1 aromatic heterocycles. The Morgan fingerprint density at radius 2 is 1.60 bits per heavy atom. The van der Waals surface area contributed by atoms with Gasteiger partial charge in [0.25, 0.3) is 5.91 Å². The van der Waals surface area contributed by atoms with Crippen molar-refractivity contribution < 1.29 is 13.9 Å². The molecule has 0 spiro atoms. The van der Waals surface area contributed by atoms with E-state index in [0.717, 1.165) is 54.2 Å². The van der Waals surface area contributed by atoms with Crippen LogP contribution in [0.25, 0.3) is 22.9 Å². The maximum Gasteiger partial charge on any atom is 0.253 e. The van der Waals surface area contributed by atoms with Crippen LogP contribution in [0.3, 0.4) is 0 Å². The third kappa shape index (κ3) is 4.89. The molecule has 1 amide bonds. The highest BCUT2D eigenvalue weighted by Crippen LogP contribution is 2.26. The molecule has 0 saturated carbocycles. The first-order valence-corrected chi connectivity index (χ1v) is 11.8. The third-order valence-corrected chi connectivity index (χ3v) is 6.40. The number of aryl methyl sites for hydroxylation is 1. The number of nitrogens with zero attached hydrogens (tertiary/aromatic N) is 4. The lowest BCUT2D eigenvalue weighted by molar-refractivity contribution is 0.0767. The highest BCUT2D eigenvalue weighted by Gasteiger charge is 2.21. The van der Waals surface area contributed by atoms with Crippen LogP contribution >= 0.6 is 0 Å². The van der Waals surface area contributed by atoms with Crippen molar-refractivity contribution in [1.29, 1.82) is 0 Å². The van der Waals surface area contributed by atoms with Crippen molar-refractivity contribution in [3.05, 3.63) is 83.9 Å². The van der Waals surface area contributed by atoms with Gasteiger partial charge in [-0.3, -0.25) is 4.79 Å². The van der Waals surface area contributed by atoms with Crippen molar-refractivity contribution in [2.75, 3.05) is 38.2 Å². The van der Waals surface area contributed by atoms with Crippen molar-refractivity contribution in [1.82, 2.24) is 15.1 Å². The largest absolute Gasteiger partial charge is 0.497 e. The van der Waals surface area contributed by atoms with Gasteiger partial charge in [0.1, 0.15) is 5.75 Å². The van der Waals surface area contributed by atoms with E-state index >= 15 is 0 Å². The van der Waals surface area contributed by atoms with Gasteiger partial charge < -0.3 is 19.0 Å². The Kier molecular flexibility index (Phi) is 6.48. The Labute approximate surface area is 205 Å². The number of benzene rings is 3. The zero-order valence-electron chi connectivity index (χ0n) is 20.0. The standard InChI is InChI=1S/C28H28N4O3/c1-20-6-3-4-7-25(20)27-30-29-26(35-27)21-8-10-22(11-9-21)28(33)32-17-5-16-31(18-19-32)23-12-14-24(34-2)15-13-23/h3-4,6-15H,5,16-19H2,1-2H3. The second-order valence-electron chi connectivity index (χ2n) is 8.64. The molecule has 0 unspecified atom stereocenters. The van der Waals surface area contributed by atoms with Crippen LogP contribution < -0.4 is 9.64 Å². The van der Waals surface area contributed by atoms with Crippen LogP contribution in [0.15, 0.2) is 77.2 Å². The number of anilines is 1. The molecule has 1 saturated heterocycles. The lowest BCUT2D eigenvalue weighted by Crippen LogP contribution is -2.35. The molecule has 0 bridgehead atoms. The number of aromatic nitrogens is 2. The van der Waals surface area contributed by atoms with Crippen LogP contribution in [0.2, 0.25) is 0 Å². The summed E-state index contributed by atoms with van der Waals surface area (Å²) >= 11 is 0. The second kappa shape index (κ2) is 10.0. The number of carbonyl (C=O) groups is 1. The van der Waals surface area contributed by atoms with E-state index in [1.165, 1.54) is 0 Å². The molecule has 1 aliphatic rings. The van der Waals surface area contributed by atoms with Gasteiger partial charge in [-0.15, -0.1) is 10.2 Å². The van der Waals surface area contributed by atoms with Crippen LogP contribution in [-0.2, 0) is 0 Å². The van der Waals surface area contributed by atoms with Crippen LogP contribution in [-0.4, -0.2) is 54.3 Å². The van der Waals surface area contributed by atoms with E-state index in [0.29, 0.717) is 23.9 Å². The van der Waals surface area contributed by atoms with Gasteiger partial charge in [-0.1, -0.05) is 18.2 Å². The highest BCUT2D eigenvalue weighted by molar-refractivity contribution is 5.94. The van der Waals surface area contributed by atoms with Gasteiger partial charge >= 0.3 is 0 Å². The Balaban J connectivity index is 1.25. The maximum atomic E-state index is 13.2. The summed E-state index contributed by atoms with van der Waals surface area (Å²) in [4.78, 5) is 17.4. The first-order valence-electron chi connectivity index (χ1n) is 11.8. The minimum Gasteiger partial charge on any atom is -0.497 e. The predicted molar refractivity (Wildman–Crippen MR) is 136 cm³/mol. The first-order chi connectivity index (χ1) is 17.1. The van der Waals surface area contributed by atoms with E-state index in [-0.39, 0.29) is 5.91 Å². The van der Waals surface area contributed by atoms with Gasteiger partial charge in [-0.25, -0.2) is 0 Å². The van der Waals surface area contributed by atoms with Crippen LogP contribution in [0.4, 0.5) is 5.69 Å². The number of hydrogen-bond donors (Lipinski definition) is 0. The average molecular weight is 469 g/mol. The molecule has 7 nitrogen and oxygen atoms in total. The van der Waals surface area contributed by atoms with E-state index in [4.69, 9.17) is 9.15 Å². The van der Waals surface area contributed by atoms with Crippen molar-refractivity contribution in [3.63, 3.8) is 0 Å². The molecule has 3 aromatic carbocycles. The summed E-state index contributed by atoms with van der Waals surface area (Å²) in [7, 11) is 1.67. The lowest BCUT2D eigenvalue weighted by atomic mass is 10.1. The van der Waals surface area contributed by atoms with Crippen molar-refractivity contribution in [3.8, 4) is 28.7 Å². The Morgan fingerprint density at radius 1 is 0.857 bits per heavy atom. The zero-order chi connectivity index (χ0) is 24.2. The van der Waals surface area contributed by atoms with Crippen molar-refractivity contribution in [2.24, 2.45) is 0 Å². The summed E-state index contributed by atoms with van der Waals surface area (Å²) in [5.41, 5.74) is 4.59. The quantitative estimate of drug-likeness (QED) is 0.407. The smallest absolute Gasteiger partial charge is 0.253 e. The maximum absolute atomic E-state index is 13.2. The van der Waals surface area contributed by atoms with Gasteiger partial charge in [0.05, 0.1) is 7.11 Å². The molecule has 35 heavy (non-hydrogen) atoms. The normalized spacial score (nSPS) is 14.0. The van der Waals surface area contributed by atoms with Gasteiger partial charge in [0.2, 0.25) is 11.8 Å². The fourth-order valence-corrected chi connectivity index (χ4v) is 4.37. The molecule has 0 aliphatic carbocycles. The number of amides is 1. The second-order valence-corrected chi connectivity index (χ2v) is 8.64. The van der Waals surface area contributed by atoms with Gasteiger partial charge in [0, 0.05) is 48.6 Å². The molecule has 0 N–H and O–H groups in total. The fourth-order valence-electron chi connectivity index (χ4n) is 4.37. The molecule has 4 aromatic rings. The van der Waals surface area contributed by atoms with Crippen molar-refractivity contribution in [2.45, 2.75) is 13.3 Å². The van der Waals surface area contributed by atoms with Crippen molar-refractivity contribution >= 4 is 11.6 Å². The van der Waals surface area contributed by atoms with E-state index in [1.807, 2.05) is 72.5 Å². The topological polar surface area (TPSA) is 71.7 Å². The molecule has 0 radical (unpaired) electrons. The predicted octanol–water partition coefficient (Wildman–Crippen LogP) is 5.07. The van der Waals surface area contributed by atoms with Gasteiger partial charge in [-0.05, 0) is 73.5 Å². The summed E-state index contributed by atoms with van der Waals surface area (Å²) in [6.45, 7) is 5.13. The Morgan fingerprint density at radius 3 is 2.34 bits per heavy atom. The summed E-state index contributed by atoms with van der Waals surface area (Å²) < 4.78 is 11.2. The summed E-state index contributed by atoms with van der Waals surface area (Å²) in [5.74, 6) is 1.81. The van der Waals surface area contributed by atoms with E-state index in [2.05, 4.69) is 27.2 Å². The molecular weight excluding hydrogens is 440 g/mol. The fraction of sp³-hybridized carbons (Fsp3) is 0.250. The average Bonchev–Trinajstić information content (AvgIpc) is 3.26. The van der Waals surface area contributed by atoms with Crippen LogP contribution in [0.5, 0.6) is 5.75 Å². The highest BCUT2D eigenvalue weighted by atomic mass is 16.5. The molecule has 178 valence electrons. The molecule has 1 fully saturated rings. The molecule has 2 heterocycles. The molecule has 5 rings (SSSR count). The SMILES string of the molecule is COc1ccc(N2CCCN(C(=O)c3ccc(-c4nnc(-c5ccccc5C)o4)cc3)CC2)cc1.